The fourth-order valence-electron chi connectivity index (χ4n) is 3.62. The zero-order valence-electron chi connectivity index (χ0n) is 15.6. The lowest BCUT2D eigenvalue weighted by Crippen LogP contribution is -3.14. The summed E-state index contributed by atoms with van der Waals surface area (Å²) in [6.45, 7) is 5.10. The van der Waals surface area contributed by atoms with Crippen LogP contribution >= 0.6 is 0 Å². The van der Waals surface area contributed by atoms with Crippen LogP contribution in [0.1, 0.15) is 21.8 Å². The molecule has 2 amide bonds. The molecular weight excluding hydrogens is 356 g/mol. The van der Waals surface area contributed by atoms with Crippen molar-refractivity contribution >= 4 is 23.8 Å². The molecule has 7 nitrogen and oxygen atoms in total. The molecule has 2 aliphatic heterocycles. The monoisotopic (exact) mass is 379 g/mol. The first kappa shape index (κ1) is 18.5. The van der Waals surface area contributed by atoms with Crippen LogP contribution in [0.4, 0.5) is 5.82 Å². The molecule has 0 radical (unpaired) electrons. The molecule has 0 aliphatic carbocycles. The van der Waals surface area contributed by atoms with Gasteiger partial charge < -0.3 is 9.64 Å². The van der Waals surface area contributed by atoms with Gasteiger partial charge in [0.05, 0.1) is 32.2 Å². The zero-order valence-corrected chi connectivity index (χ0v) is 15.6. The van der Waals surface area contributed by atoms with Crippen molar-refractivity contribution in [2.45, 2.75) is 5.92 Å². The van der Waals surface area contributed by atoms with Crippen molar-refractivity contribution in [3.05, 3.63) is 59.8 Å². The summed E-state index contributed by atoms with van der Waals surface area (Å²) in [6, 6.07) is 12.4. The van der Waals surface area contributed by atoms with Crippen LogP contribution in [0.3, 0.4) is 0 Å². The first-order valence-electron chi connectivity index (χ1n) is 9.55. The second-order valence-corrected chi connectivity index (χ2v) is 6.90. The minimum absolute atomic E-state index is 0.315. The van der Waals surface area contributed by atoms with Gasteiger partial charge in [-0.15, -0.1) is 0 Å². The molecule has 0 unspecified atom stereocenters. The maximum Gasteiger partial charge on any atom is 0.266 e. The molecule has 3 heterocycles. The summed E-state index contributed by atoms with van der Waals surface area (Å²) in [7, 11) is 0. The fourth-order valence-corrected chi connectivity index (χ4v) is 3.62. The van der Waals surface area contributed by atoms with E-state index < -0.39 is 5.92 Å². The van der Waals surface area contributed by atoms with Crippen LogP contribution in [0.2, 0.25) is 0 Å². The number of nitrogens with one attached hydrogen (secondary N) is 1. The van der Waals surface area contributed by atoms with Crippen LogP contribution in [0.25, 0.3) is 0 Å². The van der Waals surface area contributed by atoms with Gasteiger partial charge in [-0.2, -0.15) is 0 Å². The second-order valence-electron chi connectivity index (χ2n) is 6.90. The molecule has 2 aromatic rings. The van der Waals surface area contributed by atoms with Gasteiger partial charge >= 0.3 is 0 Å². The van der Waals surface area contributed by atoms with E-state index in [0.29, 0.717) is 23.5 Å². The van der Waals surface area contributed by atoms with Gasteiger partial charge in [-0.25, -0.2) is 9.88 Å². The van der Waals surface area contributed by atoms with Crippen molar-refractivity contribution in [1.29, 1.82) is 0 Å². The molecule has 1 saturated heterocycles. The Bertz CT molecular complexity index is 878. The second kappa shape index (κ2) is 8.41. The predicted octanol–water partition coefficient (Wildman–Crippen LogP) is 0.338. The highest BCUT2D eigenvalue weighted by Gasteiger charge is 2.39. The number of carbonyl (C=O) groups excluding carboxylic acids is 2. The van der Waals surface area contributed by atoms with E-state index in [1.54, 1.807) is 42.7 Å². The van der Waals surface area contributed by atoms with Gasteiger partial charge in [-0.05, 0) is 23.8 Å². The number of aromatic nitrogens is 1. The highest BCUT2D eigenvalue weighted by Crippen LogP contribution is 2.30. The molecule has 0 saturated carbocycles. The number of anilines is 1. The number of pyridine rings is 1. The number of hydrogen-bond donors (Lipinski definition) is 1. The van der Waals surface area contributed by atoms with Gasteiger partial charge in [0.1, 0.15) is 18.9 Å². The van der Waals surface area contributed by atoms with Crippen LogP contribution in [0.5, 0.6) is 0 Å². The standard InChI is InChI=1S/C21H22N4O3/c26-20-17-6-2-1-5-16(17)18(15-22-9-10-24-11-13-28-14-12-24)21(27)25(20)19-7-3-4-8-23-19/h1-8,15,18H,9-14H2/p+1/t18-/m1/s1. The van der Waals surface area contributed by atoms with Crippen molar-refractivity contribution in [3.8, 4) is 0 Å². The summed E-state index contributed by atoms with van der Waals surface area (Å²) < 4.78 is 5.37. The Balaban J connectivity index is 1.56. The van der Waals surface area contributed by atoms with E-state index in [1.807, 2.05) is 12.1 Å². The molecule has 28 heavy (non-hydrogen) atoms. The minimum atomic E-state index is -0.587. The molecule has 1 fully saturated rings. The number of ether oxygens (including phenoxy) is 1. The Morgan fingerprint density at radius 3 is 2.71 bits per heavy atom. The SMILES string of the molecule is O=C1c2ccccc2[C@@H](C=NCC[NH+]2CCOCC2)C(=O)N1c1ccccn1. The normalized spacial score (nSPS) is 20.6. The van der Waals surface area contributed by atoms with Gasteiger partial charge in [-0.3, -0.25) is 14.6 Å². The average Bonchev–Trinajstić information content (AvgIpc) is 2.75. The van der Waals surface area contributed by atoms with Gasteiger partial charge in [0.15, 0.2) is 0 Å². The third kappa shape index (κ3) is 3.72. The van der Waals surface area contributed by atoms with E-state index in [4.69, 9.17) is 4.74 Å². The van der Waals surface area contributed by atoms with E-state index >= 15 is 0 Å². The van der Waals surface area contributed by atoms with Crippen molar-refractivity contribution < 1.29 is 19.2 Å². The van der Waals surface area contributed by atoms with Crippen molar-refractivity contribution in [3.63, 3.8) is 0 Å². The maximum atomic E-state index is 13.1. The van der Waals surface area contributed by atoms with E-state index in [0.717, 1.165) is 37.7 Å². The third-order valence-electron chi connectivity index (χ3n) is 5.14. The highest BCUT2D eigenvalue weighted by atomic mass is 16.5. The van der Waals surface area contributed by atoms with Crippen LogP contribution in [0.15, 0.2) is 53.7 Å². The average molecular weight is 379 g/mol. The summed E-state index contributed by atoms with van der Waals surface area (Å²) in [6.07, 6.45) is 3.26. The van der Waals surface area contributed by atoms with E-state index in [9.17, 15) is 9.59 Å². The largest absolute Gasteiger partial charge is 0.370 e. The van der Waals surface area contributed by atoms with Crippen molar-refractivity contribution in [2.24, 2.45) is 4.99 Å². The Kier molecular flexibility index (Phi) is 5.55. The Labute approximate surface area is 163 Å². The molecule has 4 rings (SSSR count). The summed E-state index contributed by atoms with van der Waals surface area (Å²) in [5.74, 6) is -0.912. The number of hydrogen-bond acceptors (Lipinski definition) is 5. The molecule has 2 aliphatic rings. The fraction of sp³-hybridized carbons (Fsp3) is 0.333. The van der Waals surface area contributed by atoms with Crippen molar-refractivity contribution in [2.75, 3.05) is 44.3 Å². The van der Waals surface area contributed by atoms with Crippen LogP contribution in [0, 0.1) is 0 Å². The van der Waals surface area contributed by atoms with Gasteiger partial charge in [-0.1, -0.05) is 24.3 Å². The molecule has 7 heteroatoms. The lowest BCUT2D eigenvalue weighted by Gasteiger charge is -2.30. The zero-order chi connectivity index (χ0) is 19.3. The van der Waals surface area contributed by atoms with Gasteiger partial charge in [0.2, 0.25) is 5.91 Å². The number of rotatable bonds is 5. The molecule has 1 N–H and O–H groups in total. The van der Waals surface area contributed by atoms with Crippen molar-refractivity contribution in [1.82, 2.24) is 4.98 Å². The van der Waals surface area contributed by atoms with Crippen LogP contribution < -0.4 is 9.80 Å². The number of morpholine rings is 1. The maximum absolute atomic E-state index is 13.1. The topological polar surface area (TPSA) is 76.3 Å². The molecule has 1 aromatic carbocycles. The summed E-state index contributed by atoms with van der Waals surface area (Å²) >= 11 is 0. The van der Waals surface area contributed by atoms with Gasteiger partial charge in [0.25, 0.3) is 5.91 Å². The highest BCUT2D eigenvalue weighted by molar-refractivity contribution is 6.28. The molecule has 1 atom stereocenters. The molecule has 1 aromatic heterocycles. The van der Waals surface area contributed by atoms with Crippen LogP contribution in [-0.4, -0.2) is 62.4 Å². The minimum Gasteiger partial charge on any atom is -0.370 e. The summed E-state index contributed by atoms with van der Waals surface area (Å²) in [4.78, 5) is 37.4. The quantitative estimate of drug-likeness (QED) is 0.600. The first-order valence-corrected chi connectivity index (χ1v) is 9.55. The van der Waals surface area contributed by atoms with E-state index in [2.05, 4.69) is 9.98 Å². The smallest absolute Gasteiger partial charge is 0.266 e. The molecule has 144 valence electrons. The lowest BCUT2D eigenvalue weighted by atomic mass is 9.89. The number of aliphatic imine (C=N–C) groups is 1. The third-order valence-corrected chi connectivity index (χ3v) is 5.14. The lowest BCUT2D eigenvalue weighted by molar-refractivity contribution is -0.906. The Morgan fingerprint density at radius 1 is 1.14 bits per heavy atom. The number of imide groups is 1. The summed E-state index contributed by atoms with van der Waals surface area (Å²) in [5, 5.41) is 0. The number of quaternary nitrogens is 1. The first-order chi connectivity index (χ1) is 13.8. The number of amides is 2. The molecule has 0 bridgehead atoms. The van der Waals surface area contributed by atoms with E-state index in [-0.39, 0.29) is 11.8 Å². The van der Waals surface area contributed by atoms with E-state index in [1.165, 1.54) is 4.90 Å². The Hall–Kier alpha value is -2.90. The Morgan fingerprint density at radius 2 is 1.93 bits per heavy atom. The summed E-state index contributed by atoms with van der Waals surface area (Å²) in [5.41, 5.74) is 1.22. The van der Waals surface area contributed by atoms with Crippen LogP contribution in [-0.2, 0) is 9.53 Å². The number of nitrogens with zero attached hydrogens (tertiary/aromatic N) is 3. The molecular formula is C21H23N4O3+. The number of carbonyl (C=O) groups is 2. The van der Waals surface area contributed by atoms with Gasteiger partial charge in [0, 0.05) is 18.0 Å². The number of fused-ring (bicyclic) bond motifs is 1. The predicted molar refractivity (Wildman–Crippen MR) is 105 cm³/mol. The number of benzene rings is 1. The molecule has 0 spiro atoms.